The first-order valence-electron chi connectivity index (χ1n) is 5.79. The summed E-state index contributed by atoms with van der Waals surface area (Å²) in [7, 11) is 0. The van der Waals surface area contributed by atoms with E-state index in [2.05, 4.69) is 36.5 Å². The third kappa shape index (κ3) is 4.44. The summed E-state index contributed by atoms with van der Waals surface area (Å²) in [6.45, 7) is 8.70. The number of hydrogen-bond donors (Lipinski definition) is 2. The van der Waals surface area contributed by atoms with E-state index in [1.807, 2.05) is 0 Å². The summed E-state index contributed by atoms with van der Waals surface area (Å²) in [4.78, 5) is 15.8. The molecule has 1 heterocycles. The van der Waals surface area contributed by atoms with E-state index in [0.29, 0.717) is 6.54 Å². The number of carbonyl (C=O) groups excluding carboxylic acids is 1. The van der Waals surface area contributed by atoms with Crippen LogP contribution in [0.1, 0.15) is 38.4 Å². The van der Waals surface area contributed by atoms with Gasteiger partial charge in [-0.3, -0.25) is 4.79 Å². The lowest BCUT2D eigenvalue weighted by atomic mass is 9.93. The minimum atomic E-state index is -0.448. The van der Waals surface area contributed by atoms with Crippen molar-refractivity contribution in [2.45, 2.75) is 45.6 Å². The van der Waals surface area contributed by atoms with Gasteiger partial charge in [0.1, 0.15) is 0 Å². The monoisotopic (exact) mass is 255 g/mol. The molecule has 0 radical (unpaired) electrons. The summed E-state index contributed by atoms with van der Waals surface area (Å²) < 4.78 is 0. The Morgan fingerprint density at radius 2 is 2.24 bits per heavy atom. The molecule has 0 spiro atoms. The molecule has 1 amide bonds. The van der Waals surface area contributed by atoms with Crippen molar-refractivity contribution in [3.05, 3.63) is 16.1 Å². The first-order valence-corrected chi connectivity index (χ1v) is 6.67. The van der Waals surface area contributed by atoms with Crippen molar-refractivity contribution in [2.75, 3.05) is 6.54 Å². The number of nitrogens with zero attached hydrogens (tertiary/aromatic N) is 1. The van der Waals surface area contributed by atoms with Gasteiger partial charge in [-0.15, -0.1) is 11.3 Å². The summed E-state index contributed by atoms with van der Waals surface area (Å²) in [5.74, 6) is -0.113. The molecule has 0 aromatic carbocycles. The fourth-order valence-corrected chi connectivity index (χ4v) is 2.25. The van der Waals surface area contributed by atoms with Gasteiger partial charge >= 0.3 is 0 Å². The second-order valence-electron chi connectivity index (χ2n) is 5.21. The molecule has 1 atom stereocenters. The Morgan fingerprint density at radius 1 is 1.59 bits per heavy atom. The highest BCUT2D eigenvalue weighted by molar-refractivity contribution is 7.09. The smallest absolute Gasteiger partial charge is 0.236 e. The quantitative estimate of drug-likeness (QED) is 0.855. The van der Waals surface area contributed by atoms with Crippen LogP contribution in [0.15, 0.2) is 5.38 Å². The van der Waals surface area contributed by atoms with E-state index in [4.69, 9.17) is 5.73 Å². The van der Waals surface area contributed by atoms with Crippen LogP contribution >= 0.6 is 11.3 Å². The van der Waals surface area contributed by atoms with Crippen molar-refractivity contribution in [1.82, 2.24) is 10.3 Å². The van der Waals surface area contributed by atoms with Crippen LogP contribution in [0.3, 0.4) is 0 Å². The number of carbonyl (C=O) groups is 1. The van der Waals surface area contributed by atoms with Crippen molar-refractivity contribution >= 4 is 17.2 Å². The lowest BCUT2D eigenvalue weighted by Crippen LogP contribution is -2.39. The third-order valence-electron chi connectivity index (χ3n) is 2.37. The third-order valence-corrected chi connectivity index (χ3v) is 3.28. The van der Waals surface area contributed by atoms with E-state index < -0.39 is 6.04 Å². The zero-order valence-corrected chi connectivity index (χ0v) is 11.7. The van der Waals surface area contributed by atoms with Gasteiger partial charge in [0.05, 0.1) is 16.7 Å². The molecule has 3 N–H and O–H groups in total. The van der Waals surface area contributed by atoms with E-state index in [9.17, 15) is 4.79 Å². The van der Waals surface area contributed by atoms with E-state index in [0.717, 1.165) is 17.1 Å². The molecule has 0 saturated heterocycles. The largest absolute Gasteiger partial charge is 0.354 e. The van der Waals surface area contributed by atoms with Gasteiger partial charge in [0, 0.05) is 23.8 Å². The van der Waals surface area contributed by atoms with Crippen LogP contribution in [-0.4, -0.2) is 23.5 Å². The number of amides is 1. The molecule has 17 heavy (non-hydrogen) atoms. The zero-order valence-electron chi connectivity index (χ0n) is 10.9. The highest BCUT2D eigenvalue weighted by Gasteiger charge is 2.17. The molecule has 0 saturated carbocycles. The molecule has 0 aliphatic carbocycles. The van der Waals surface area contributed by atoms with Crippen molar-refractivity contribution in [3.63, 3.8) is 0 Å². The number of aromatic nitrogens is 1. The molecule has 0 aliphatic heterocycles. The minimum Gasteiger partial charge on any atom is -0.354 e. The molecule has 1 aromatic heterocycles. The van der Waals surface area contributed by atoms with Crippen LogP contribution in [0.4, 0.5) is 0 Å². The topological polar surface area (TPSA) is 68.0 Å². The van der Waals surface area contributed by atoms with Crippen LogP contribution in [0.25, 0.3) is 0 Å². The Bertz CT molecular complexity index is 379. The highest BCUT2D eigenvalue weighted by Crippen LogP contribution is 2.23. The van der Waals surface area contributed by atoms with Gasteiger partial charge in [-0.25, -0.2) is 4.98 Å². The lowest BCUT2D eigenvalue weighted by Gasteiger charge is -2.14. The van der Waals surface area contributed by atoms with Crippen LogP contribution in [0, 0.1) is 0 Å². The number of hydrogen-bond acceptors (Lipinski definition) is 4. The van der Waals surface area contributed by atoms with Gasteiger partial charge in [-0.1, -0.05) is 20.8 Å². The Labute approximate surface area is 107 Å². The summed E-state index contributed by atoms with van der Waals surface area (Å²) >= 11 is 1.64. The molecule has 96 valence electrons. The lowest BCUT2D eigenvalue weighted by molar-refractivity contribution is -0.121. The van der Waals surface area contributed by atoms with E-state index >= 15 is 0 Å². The van der Waals surface area contributed by atoms with Gasteiger partial charge in [0.2, 0.25) is 5.91 Å². The maximum Gasteiger partial charge on any atom is 0.236 e. The standard InChI is InChI=1S/C12H21N3OS/c1-8(13)11(16)14-6-5-10-15-9(7-17-10)12(2,3)4/h7-8H,5-6,13H2,1-4H3,(H,14,16). The molecule has 0 fully saturated rings. The van der Waals surface area contributed by atoms with Gasteiger partial charge in [-0.05, 0) is 6.92 Å². The average molecular weight is 255 g/mol. The first kappa shape index (κ1) is 14.1. The van der Waals surface area contributed by atoms with Crippen LogP contribution in [0.5, 0.6) is 0 Å². The summed E-state index contributed by atoms with van der Waals surface area (Å²) in [6.07, 6.45) is 0.763. The summed E-state index contributed by atoms with van der Waals surface area (Å²) in [5, 5.41) is 5.92. The predicted molar refractivity (Wildman–Crippen MR) is 71.2 cm³/mol. The Kier molecular flexibility index (Phi) is 4.65. The van der Waals surface area contributed by atoms with Gasteiger partial charge in [-0.2, -0.15) is 0 Å². The Morgan fingerprint density at radius 3 is 2.71 bits per heavy atom. The first-order chi connectivity index (χ1) is 7.80. The van der Waals surface area contributed by atoms with Gasteiger partial charge < -0.3 is 11.1 Å². The van der Waals surface area contributed by atoms with Gasteiger partial charge in [0.25, 0.3) is 0 Å². The zero-order chi connectivity index (χ0) is 13.1. The summed E-state index contributed by atoms with van der Waals surface area (Å²) in [6, 6.07) is -0.448. The van der Waals surface area contributed by atoms with Crippen molar-refractivity contribution < 1.29 is 4.79 Å². The molecule has 5 heteroatoms. The van der Waals surface area contributed by atoms with E-state index in [1.165, 1.54) is 0 Å². The van der Waals surface area contributed by atoms with Crippen LogP contribution in [0.2, 0.25) is 0 Å². The predicted octanol–water partition coefficient (Wildman–Crippen LogP) is 1.45. The van der Waals surface area contributed by atoms with Crippen molar-refractivity contribution in [3.8, 4) is 0 Å². The summed E-state index contributed by atoms with van der Waals surface area (Å²) in [5.41, 5.74) is 6.65. The van der Waals surface area contributed by atoms with Crippen LogP contribution in [-0.2, 0) is 16.6 Å². The molecule has 1 aromatic rings. The Balaban J connectivity index is 2.43. The average Bonchev–Trinajstić information content (AvgIpc) is 2.65. The fraction of sp³-hybridized carbons (Fsp3) is 0.667. The number of nitrogens with two attached hydrogens (primary N) is 1. The van der Waals surface area contributed by atoms with Crippen molar-refractivity contribution in [2.24, 2.45) is 5.73 Å². The highest BCUT2D eigenvalue weighted by atomic mass is 32.1. The number of nitrogens with one attached hydrogen (secondary N) is 1. The van der Waals surface area contributed by atoms with Crippen LogP contribution < -0.4 is 11.1 Å². The molecular weight excluding hydrogens is 234 g/mol. The molecule has 1 rings (SSSR count). The van der Waals surface area contributed by atoms with Crippen molar-refractivity contribution in [1.29, 1.82) is 0 Å². The molecule has 0 bridgehead atoms. The van der Waals surface area contributed by atoms with Gasteiger partial charge in [0.15, 0.2) is 0 Å². The minimum absolute atomic E-state index is 0.0871. The van der Waals surface area contributed by atoms with E-state index in [-0.39, 0.29) is 11.3 Å². The normalized spacial score (nSPS) is 13.5. The second-order valence-corrected chi connectivity index (χ2v) is 6.15. The fourth-order valence-electron chi connectivity index (χ4n) is 1.22. The Hall–Kier alpha value is -0.940. The maximum absolute atomic E-state index is 11.2. The number of thiazole rings is 1. The number of rotatable bonds is 4. The molecule has 1 unspecified atom stereocenters. The van der Waals surface area contributed by atoms with E-state index in [1.54, 1.807) is 18.3 Å². The second kappa shape index (κ2) is 5.60. The molecule has 0 aliphatic rings. The SMILES string of the molecule is CC(N)C(=O)NCCc1nc(C(C)(C)C)cs1. The molecular formula is C12H21N3OS. The maximum atomic E-state index is 11.2. The molecule has 4 nitrogen and oxygen atoms in total.